The molecule has 2 aliphatic rings. The molecule has 0 aliphatic carbocycles. The summed E-state index contributed by atoms with van der Waals surface area (Å²) in [5.74, 6) is 1.23. The van der Waals surface area contributed by atoms with Gasteiger partial charge in [0.25, 0.3) is 5.91 Å². The van der Waals surface area contributed by atoms with Gasteiger partial charge in [0.15, 0.2) is 0 Å². The first-order chi connectivity index (χ1) is 18.1. The van der Waals surface area contributed by atoms with Gasteiger partial charge < -0.3 is 24.0 Å². The van der Waals surface area contributed by atoms with Gasteiger partial charge in [-0.05, 0) is 29.8 Å². The number of ether oxygens (including phenoxy) is 1. The molecule has 1 atom stereocenters. The monoisotopic (exact) mass is 496 g/mol. The Morgan fingerprint density at radius 3 is 2.38 bits per heavy atom. The van der Waals surface area contributed by atoms with Gasteiger partial charge in [0.05, 0.1) is 13.2 Å². The van der Waals surface area contributed by atoms with Crippen molar-refractivity contribution in [3.63, 3.8) is 0 Å². The highest BCUT2D eigenvalue weighted by Crippen LogP contribution is 2.44. The number of piperazine rings is 1. The van der Waals surface area contributed by atoms with E-state index in [1.165, 1.54) is 0 Å². The summed E-state index contributed by atoms with van der Waals surface area (Å²) in [7, 11) is 3.55. The third-order valence-electron chi connectivity index (χ3n) is 7.40. The van der Waals surface area contributed by atoms with Crippen molar-refractivity contribution in [1.29, 1.82) is 0 Å². The minimum atomic E-state index is -0.359. The van der Waals surface area contributed by atoms with Gasteiger partial charge in [0.2, 0.25) is 11.9 Å². The Morgan fingerprint density at radius 2 is 1.68 bits per heavy atom. The Kier molecular flexibility index (Phi) is 5.75. The number of fused-ring (bicyclic) bond motifs is 3. The van der Waals surface area contributed by atoms with Gasteiger partial charge in [-0.3, -0.25) is 9.59 Å². The molecule has 2 aliphatic heterocycles. The number of hydrogen-bond donors (Lipinski definition) is 0. The molecule has 0 saturated carbocycles. The number of methoxy groups -OCH3 is 1. The smallest absolute Gasteiger partial charge is 0.272 e. The quantitative estimate of drug-likeness (QED) is 0.423. The zero-order valence-electron chi connectivity index (χ0n) is 20.9. The summed E-state index contributed by atoms with van der Waals surface area (Å²) in [5, 5.41) is 1.03. The highest BCUT2D eigenvalue weighted by atomic mass is 16.5. The number of carbonyl (C=O) groups excluding carboxylic acids is 2. The molecule has 0 N–H and O–H groups in total. The van der Waals surface area contributed by atoms with Crippen LogP contribution in [0.5, 0.6) is 5.75 Å². The van der Waals surface area contributed by atoms with Crippen LogP contribution in [0.15, 0.2) is 67.0 Å². The van der Waals surface area contributed by atoms with Gasteiger partial charge in [0.1, 0.15) is 18.0 Å². The van der Waals surface area contributed by atoms with Crippen LogP contribution in [0.25, 0.3) is 10.9 Å². The van der Waals surface area contributed by atoms with Crippen molar-refractivity contribution in [1.82, 2.24) is 24.3 Å². The van der Waals surface area contributed by atoms with E-state index < -0.39 is 0 Å². The summed E-state index contributed by atoms with van der Waals surface area (Å²) in [4.78, 5) is 41.6. The Bertz CT molecular complexity index is 1460. The van der Waals surface area contributed by atoms with Crippen LogP contribution in [0.1, 0.15) is 27.7 Å². The van der Waals surface area contributed by atoms with Crippen LogP contribution in [0.4, 0.5) is 5.95 Å². The third-order valence-corrected chi connectivity index (χ3v) is 7.40. The van der Waals surface area contributed by atoms with E-state index in [9.17, 15) is 9.59 Å². The van der Waals surface area contributed by atoms with Crippen molar-refractivity contribution in [2.24, 2.45) is 7.05 Å². The average molecular weight is 497 g/mol. The number of para-hydroxylation sites is 1. The SMILES string of the molecule is COc1ccc(C2c3c(n(C)c4ccccc34)C(=O)N2CC(=O)N2CCN(c3ncccn3)CC2)cc1. The summed E-state index contributed by atoms with van der Waals surface area (Å²) in [6.45, 7) is 2.43. The molecule has 2 aromatic carbocycles. The molecule has 1 saturated heterocycles. The van der Waals surface area contributed by atoms with E-state index in [0.717, 1.165) is 27.8 Å². The van der Waals surface area contributed by atoms with Crippen molar-refractivity contribution in [3.8, 4) is 5.75 Å². The number of benzene rings is 2. The lowest BCUT2D eigenvalue weighted by atomic mass is 9.98. The first-order valence-corrected chi connectivity index (χ1v) is 12.4. The van der Waals surface area contributed by atoms with Gasteiger partial charge in [-0.1, -0.05) is 30.3 Å². The Balaban J connectivity index is 1.29. The summed E-state index contributed by atoms with van der Waals surface area (Å²) in [5.41, 5.74) is 3.54. The molecule has 188 valence electrons. The number of amides is 2. The van der Waals surface area contributed by atoms with Gasteiger partial charge in [-0.2, -0.15) is 0 Å². The van der Waals surface area contributed by atoms with Crippen LogP contribution in [0.3, 0.4) is 0 Å². The number of aryl methyl sites for hydroxylation is 1. The first kappa shape index (κ1) is 23.0. The molecule has 4 heterocycles. The summed E-state index contributed by atoms with van der Waals surface area (Å²) >= 11 is 0. The highest BCUT2D eigenvalue weighted by molar-refractivity contribution is 6.07. The number of hydrogen-bond acceptors (Lipinski definition) is 6. The van der Waals surface area contributed by atoms with Crippen molar-refractivity contribution >= 4 is 28.7 Å². The maximum atomic E-state index is 13.8. The summed E-state index contributed by atoms with van der Waals surface area (Å²) in [6, 6.07) is 17.2. The van der Waals surface area contributed by atoms with E-state index in [1.807, 2.05) is 65.0 Å². The van der Waals surface area contributed by atoms with Gasteiger partial charge in [-0.25, -0.2) is 9.97 Å². The molecule has 0 radical (unpaired) electrons. The Labute approximate surface area is 214 Å². The zero-order valence-corrected chi connectivity index (χ0v) is 20.9. The van der Waals surface area contributed by atoms with E-state index in [0.29, 0.717) is 37.8 Å². The Morgan fingerprint density at radius 1 is 0.973 bits per heavy atom. The maximum Gasteiger partial charge on any atom is 0.272 e. The fraction of sp³-hybridized carbons (Fsp3) is 0.286. The fourth-order valence-corrected chi connectivity index (χ4v) is 5.52. The van der Waals surface area contributed by atoms with E-state index in [2.05, 4.69) is 14.9 Å². The third kappa shape index (κ3) is 3.87. The Hall–Kier alpha value is -4.40. The van der Waals surface area contributed by atoms with Crippen molar-refractivity contribution in [3.05, 3.63) is 83.8 Å². The lowest BCUT2D eigenvalue weighted by Crippen LogP contribution is -2.52. The predicted molar refractivity (Wildman–Crippen MR) is 140 cm³/mol. The molecular formula is C28H28N6O3. The lowest BCUT2D eigenvalue weighted by Gasteiger charge is -2.36. The largest absolute Gasteiger partial charge is 0.497 e. The van der Waals surface area contributed by atoms with Crippen LogP contribution >= 0.6 is 0 Å². The van der Waals surface area contributed by atoms with E-state index in [1.54, 1.807) is 30.5 Å². The van der Waals surface area contributed by atoms with Gasteiger partial charge in [-0.15, -0.1) is 0 Å². The van der Waals surface area contributed by atoms with Crippen LogP contribution in [0, 0.1) is 0 Å². The van der Waals surface area contributed by atoms with Gasteiger partial charge in [0, 0.05) is 62.1 Å². The van der Waals surface area contributed by atoms with E-state index >= 15 is 0 Å². The van der Waals surface area contributed by atoms with Crippen LogP contribution < -0.4 is 9.64 Å². The maximum absolute atomic E-state index is 13.8. The average Bonchev–Trinajstić information content (AvgIpc) is 3.41. The molecule has 9 heteroatoms. The second-order valence-corrected chi connectivity index (χ2v) is 9.36. The lowest BCUT2D eigenvalue weighted by molar-refractivity contribution is -0.132. The second kappa shape index (κ2) is 9.24. The molecule has 37 heavy (non-hydrogen) atoms. The second-order valence-electron chi connectivity index (χ2n) is 9.36. The topological polar surface area (TPSA) is 83.8 Å². The van der Waals surface area contributed by atoms with Crippen molar-refractivity contribution in [2.45, 2.75) is 6.04 Å². The van der Waals surface area contributed by atoms with E-state index in [-0.39, 0.29) is 24.4 Å². The molecule has 4 aromatic rings. The number of rotatable bonds is 5. The van der Waals surface area contributed by atoms with Crippen LogP contribution in [-0.2, 0) is 11.8 Å². The minimum Gasteiger partial charge on any atom is -0.497 e. The molecule has 1 fully saturated rings. The summed E-state index contributed by atoms with van der Waals surface area (Å²) in [6.07, 6.45) is 3.44. The molecule has 1 unspecified atom stereocenters. The zero-order chi connectivity index (χ0) is 25.5. The molecule has 0 bridgehead atoms. The number of aromatic nitrogens is 3. The molecule has 9 nitrogen and oxygen atoms in total. The molecule has 2 aromatic heterocycles. The fourth-order valence-electron chi connectivity index (χ4n) is 5.52. The molecule has 6 rings (SSSR count). The molecular weight excluding hydrogens is 468 g/mol. The minimum absolute atomic E-state index is 0.0143. The number of carbonyl (C=O) groups is 2. The number of anilines is 1. The van der Waals surface area contributed by atoms with Crippen molar-refractivity contribution in [2.75, 3.05) is 44.7 Å². The summed E-state index contributed by atoms with van der Waals surface area (Å²) < 4.78 is 7.30. The standard InChI is InChI=1S/C28H28N6O3/c1-31-22-7-4-3-6-21(22)24-25(19-8-10-20(37-2)11-9-19)34(27(36)26(24)31)18-23(35)32-14-16-33(17-15-32)28-29-12-5-13-30-28/h3-13,25H,14-18H2,1-2H3. The van der Waals surface area contributed by atoms with Crippen LogP contribution in [0.2, 0.25) is 0 Å². The highest BCUT2D eigenvalue weighted by Gasteiger charge is 2.43. The van der Waals surface area contributed by atoms with E-state index in [4.69, 9.17) is 4.74 Å². The predicted octanol–water partition coefficient (Wildman–Crippen LogP) is 2.87. The van der Waals surface area contributed by atoms with Crippen LogP contribution in [-0.4, -0.2) is 76.0 Å². The van der Waals surface area contributed by atoms with Crippen molar-refractivity contribution < 1.29 is 14.3 Å². The van der Waals surface area contributed by atoms with Gasteiger partial charge >= 0.3 is 0 Å². The molecule has 2 amide bonds. The first-order valence-electron chi connectivity index (χ1n) is 12.4. The molecule has 0 spiro atoms. The normalized spacial score (nSPS) is 17.4. The number of nitrogens with zero attached hydrogens (tertiary/aromatic N) is 6.